The number of ether oxygens (including phenoxy) is 2. The van der Waals surface area contributed by atoms with Crippen LogP contribution in [0.1, 0.15) is 67.8 Å². The molecule has 2 heterocycles. The molecule has 0 saturated heterocycles. The van der Waals surface area contributed by atoms with Gasteiger partial charge in [0.1, 0.15) is 11.5 Å². The second kappa shape index (κ2) is 7.24. The fourth-order valence-electron chi connectivity index (χ4n) is 5.30. The molecular weight excluding hydrogens is 378 g/mol. The van der Waals surface area contributed by atoms with Crippen LogP contribution in [0.25, 0.3) is 0 Å². The van der Waals surface area contributed by atoms with Gasteiger partial charge in [-0.1, -0.05) is 12.1 Å². The Balaban J connectivity index is 1.64. The van der Waals surface area contributed by atoms with E-state index in [1.807, 2.05) is 24.3 Å². The van der Waals surface area contributed by atoms with Crippen molar-refractivity contribution in [1.29, 1.82) is 0 Å². The third kappa shape index (κ3) is 3.41. The maximum atomic E-state index is 11.5. The Morgan fingerprint density at radius 3 is 2.20 bits per heavy atom. The van der Waals surface area contributed by atoms with Crippen LogP contribution in [0.3, 0.4) is 0 Å². The van der Waals surface area contributed by atoms with Gasteiger partial charge in [0.25, 0.3) is 0 Å². The van der Waals surface area contributed by atoms with Gasteiger partial charge in [-0.05, 0) is 78.6 Å². The summed E-state index contributed by atoms with van der Waals surface area (Å²) in [4.78, 5) is 25.7. The molecule has 4 aliphatic rings. The quantitative estimate of drug-likeness (QED) is 0.558. The van der Waals surface area contributed by atoms with Crippen LogP contribution in [0, 0.1) is 5.92 Å². The molecule has 2 aliphatic heterocycles. The number of carbonyl (C=O) groups is 2. The van der Waals surface area contributed by atoms with Gasteiger partial charge in [0.05, 0.1) is 0 Å². The number of nitrogens with zero attached hydrogens (tertiary/aromatic N) is 1. The molecule has 5 heteroatoms. The highest BCUT2D eigenvalue weighted by Crippen LogP contribution is 2.51. The summed E-state index contributed by atoms with van der Waals surface area (Å²) in [7, 11) is 0. The number of fused-ring (bicyclic) bond motifs is 1. The van der Waals surface area contributed by atoms with E-state index in [4.69, 9.17) is 9.47 Å². The lowest BCUT2D eigenvalue weighted by molar-refractivity contribution is -0.132. The van der Waals surface area contributed by atoms with Crippen molar-refractivity contribution < 1.29 is 19.1 Å². The lowest BCUT2D eigenvalue weighted by atomic mass is 9.79. The van der Waals surface area contributed by atoms with Crippen LogP contribution in [0.5, 0.6) is 11.5 Å². The predicted octanol–water partition coefficient (Wildman–Crippen LogP) is 4.38. The molecule has 1 fully saturated rings. The molecule has 0 radical (unpaired) electrons. The van der Waals surface area contributed by atoms with Crippen LogP contribution < -0.4 is 9.47 Å². The highest BCUT2D eigenvalue weighted by atomic mass is 16.5. The summed E-state index contributed by atoms with van der Waals surface area (Å²) in [5, 5.41) is 0. The van der Waals surface area contributed by atoms with Crippen molar-refractivity contribution in [2.45, 2.75) is 58.0 Å². The van der Waals surface area contributed by atoms with Crippen LogP contribution in [0.4, 0.5) is 0 Å². The third-order valence-corrected chi connectivity index (χ3v) is 6.71. The predicted molar refractivity (Wildman–Crippen MR) is 113 cm³/mol. The van der Waals surface area contributed by atoms with Crippen molar-refractivity contribution in [2.24, 2.45) is 5.92 Å². The number of benzene rings is 2. The zero-order chi connectivity index (χ0) is 21.0. The summed E-state index contributed by atoms with van der Waals surface area (Å²) in [6.45, 7) is 6.28. The largest absolute Gasteiger partial charge is 0.427 e. The van der Waals surface area contributed by atoms with E-state index in [0.717, 1.165) is 18.9 Å². The van der Waals surface area contributed by atoms with Crippen LogP contribution in [-0.4, -0.2) is 29.4 Å². The monoisotopic (exact) mass is 405 g/mol. The molecule has 0 unspecified atom stereocenters. The molecule has 156 valence electrons. The Bertz CT molecular complexity index is 1030. The van der Waals surface area contributed by atoms with E-state index in [9.17, 15) is 9.59 Å². The summed E-state index contributed by atoms with van der Waals surface area (Å²) in [5.41, 5.74) is 5.05. The Morgan fingerprint density at radius 1 is 0.933 bits per heavy atom. The first-order chi connectivity index (χ1) is 14.4. The fourth-order valence-corrected chi connectivity index (χ4v) is 5.30. The first-order valence-electron chi connectivity index (χ1n) is 10.8. The Morgan fingerprint density at radius 2 is 1.57 bits per heavy atom. The van der Waals surface area contributed by atoms with Crippen molar-refractivity contribution >= 4 is 11.9 Å². The van der Waals surface area contributed by atoms with Crippen LogP contribution in [-0.2, 0) is 16.0 Å². The number of rotatable bonds is 4. The van der Waals surface area contributed by atoms with Gasteiger partial charge in [0, 0.05) is 38.4 Å². The molecule has 0 amide bonds. The number of hydrogen-bond donors (Lipinski definition) is 0. The van der Waals surface area contributed by atoms with E-state index >= 15 is 0 Å². The van der Waals surface area contributed by atoms with Crippen LogP contribution in [0.15, 0.2) is 36.4 Å². The molecule has 5 nitrogen and oxygen atoms in total. The lowest BCUT2D eigenvalue weighted by Crippen LogP contribution is -2.45. The molecule has 1 saturated carbocycles. The molecule has 2 bridgehead atoms. The van der Waals surface area contributed by atoms with Gasteiger partial charge in [0.15, 0.2) is 0 Å². The molecule has 30 heavy (non-hydrogen) atoms. The summed E-state index contributed by atoms with van der Waals surface area (Å²) < 4.78 is 10.8. The highest BCUT2D eigenvalue weighted by Gasteiger charge is 2.45. The SMILES string of the molecule is CC(=O)Oc1ccc2c(c1)[C@H]1c3cc(OC(C)=O)ccc3[C@@H](C2)N(CC2CC2)[C@@H]1C. The van der Waals surface area contributed by atoms with Crippen molar-refractivity contribution in [3.05, 3.63) is 58.7 Å². The van der Waals surface area contributed by atoms with Gasteiger partial charge < -0.3 is 9.47 Å². The molecular formula is C25H27NO4. The van der Waals surface area contributed by atoms with Crippen molar-refractivity contribution in [3.8, 4) is 11.5 Å². The average Bonchev–Trinajstić information content (AvgIpc) is 3.50. The van der Waals surface area contributed by atoms with Crippen molar-refractivity contribution in [1.82, 2.24) is 4.90 Å². The second-order valence-corrected chi connectivity index (χ2v) is 8.92. The van der Waals surface area contributed by atoms with Gasteiger partial charge in [-0.15, -0.1) is 0 Å². The van der Waals surface area contributed by atoms with E-state index < -0.39 is 0 Å². The van der Waals surface area contributed by atoms with Gasteiger partial charge in [-0.2, -0.15) is 0 Å². The molecule has 2 aliphatic carbocycles. The molecule has 0 spiro atoms. The number of hydrogen-bond acceptors (Lipinski definition) is 5. The highest BCUT2D eigenvalue weighted by molar-refractivity contribution is 5.70. The molecule has 0 N–H and O–H groups in total. The number of esters is 2. The van der Waals surface area contributed by atoms with Gasteiger partial charge in [0.2, 0.25) is 0 Å². The maximum absolute atomic E-state index is 11.5. The third-order valence-electron chi connectivity index (χ3n) is 6.71. The Kier molecular flexibility index (Phi) is 4.66. The lowest BCUT2D eigenvalue weighted by Gasteiger charge is -2.44. The fraction of sp³-hybridized carbons (Fsp3) is 0.440. The van der Waals surface area contributed by atoms with Crippen molar-refractivity contribution in [2.75, 3.05) is 6.54 Å². The maximum Gasteiger partial charge on any atom is 0.308 e. The standard InChI is InChI=1S/C25H27NO4/c1-14-25-22-11-19(29-15(2)27)7-6-18(22)10-24(26(14)13-17-4-5-17)21-9-8-20(12-23(21)25)30-16(3)28/h6-9,11-12,14,17,24-25H,4-5,10,13H2,1-3H3/t14-,24-,25+/m1/s1. The van der Waals surface area contributed by atoms with Gasteiger partial charge in [-0.25, -0.2) is 0 Å². The smallest absolute Gasteiger partial charge is 0.308 e. The summed E-state index contributed by atoms with van der Waals surface area (Å²) in [6.07, 6.45) is 3.58. The normalized spacial score (nSPS) is 24.6. The molecule has 6 rings (SSSR count). The topological polar surface area (TPSA) is 55.8 Å². The molecule has 2 aromatic rings. The van der Waals surface area contributed by atoms with Crippen LogP contribution >= 0.6 is 0 Å². The van der Waals surface area contributed by atoms with E-state index in [-0.39, 0.29) is 17.9 Å². The zero-order valence-electron chi connectivity index (χ0n) is 17.7. The zero-order valence-corrected chi connectivity index (χ0v) is 17.7. The summed E-state index contributed by atoms with van der Waals surface area (Å²) in [6, 6.07) is 12.7. The molecule has 0 aromatic heterocycles. The minimum Gasteiger partial charge on any atom is -0.427 e. The van der Waals surface area contributed by atoms with Gasteiger partial charge >= 0.3 is 11.9 Å². The number of carbonyl (C=O) groups excluding carboxylic acids is 2. The van der Waals surface area contributed by atoms with E-state index in [1.54, 1.807) is 0 Å². The van der Waals surface area contributed by atoms with E-state index in [0.29, 0.717) is 23.6 Å². The molecule has 3 atom stereocenters. The average molecular weight is 405 g/mol. The first-order valence-corrected chi connectivity index (χ1v) is 10.8. The minimum absolute atomic E-state index is 0.138. The van der Waals surface area contributed by atoms with Crippen LogP contribution in [0.2, 0.25) is 0 Å². The van der Waals surface area contributed by atoms with Crippen molar-refractivity contribution in [3.63, 3.8) is 0 Å². The Hall–Kier alpha value is -2.66. The van der Waals surface area contributed by atoms with E-state index in [1.165, 1.54) is 48.9 Å². The first kappa shape index (κ1) is 19.3. The summed E-state index contributed by atoms with van der Waals surface area (Å²) >= 11 is 0. The second-order valence-electron chi connectivity index (χ2n) is 8.92. The Labute approximate surface area is 177 Å². The summed E-state index contributed by atoms with van der Waals surface area (Å²) in [5.74, 6) is 1.50. The van der Waals surface area contributed by atoms with E-state index in [2.05, 4.69) is 24.0 Å². The minimum atomic E-state index is -0.311. The molecule has 2 aromatic carbocycles. The van der Waals surface area contributed by atoms with Gasteiger partial charge in [-0.3, -0.25) is 14.5 Å².